The Hall–Kier alpha value is -4.27. The Bertz CT molecular complexity index is 1470. The molecule has 0 radical (unpaired) electrons. The molecule has 1 atom stereocenters. The Balaban J connectivity index is 1.73. The van der Waals surface area contributed by atoms with Crippen LogP contribution in [0.4, 0.5) is 0 Å². The second-order valence-electron chi connectivity index (χ2n) is 7.24. The summed E-state index contributed by atoms with van der Waals surface area (Å²) < 4.78 is 34.8. The summed E-state index contributed by atoms with van der Waals surface area (Å²) in [6.07, 6.45) is 0. The van der Waals surface area contributed by atoms with Crippen LogP contribution in [0.5, 0.6) is 23.0 Å². The van der Waals surface area contributed by atoms with E-state index in [2.05, 4.69) is 9.82 Å². The number of nitrogens with one attached hydrogen (secondary N) is 1. The predicted molar refractivity (Wildman–Crippen MR) is 127 cm³/mol. The number of phenolic OH excluding ortho intramolecular Hbond substituents is 2. The molecular formula is C24H20NO9P. The van der Waals surface area contributed by atoms with Crippen LogP contribution >= 0.6 is 7.75 Å². The number of carbonyl (C=O) groups is 1. The second-order valence-corrected chi connectivity index (χ2v) is 8.92. The highest BCUT2D eigenvalue weighted by molar-refractivity contribution is 7.52. The molecule has 4 aromatic rings. The molecule has 10 nitrogen and oxygen atoms in total. The number of benzene rings is 3. The third-order valence-corrected chi connectivity index (χ3v) is 6.22. The molecule has 3 N–H and O–H groups in total. The van der Waals surface area contributed by atoms with Gasteiger partial charge in [0.2, 0.25) is 0 Å². The van der Waals surface area contributed by atoms with Crippen LogP contribution in [0.2, 0.25) is 0 Å². The van der Waals surface area contributed by atoms with E-state index in [-0.39, 0.29) is 34.0 Å². The second kappa shape index (κ2) is 9.92. The molecule has 0 bridgehead atoms. The highest BCUT2D eigenvalue weighted by Gasteiger charge is 2.30. The van der Waals surface area contributed by atoms with Gasteiger partial charge in [-0.05, 0) is 36.4 Å². The molecule has 35 heavy (non-hydrogen) atoms. The lowest BCUT2D eigenvalue weighted by Crippen LogP contribution is -2.26. The first-order valence-corrected chi connectivity index (χ1v) is 11.8. The maximum atomic E-state index is 13.4. The van der Waals surface area contributed by atoms with Crippen LogP contribution in [0.25, 0.3) is 22.3 Å². The highest BCUT2D eigenvalue weighted by Crippen LogP contribution is 2.46. The van der Waals surface area contributed by atoms with Crippen molar-refractivity contribution < 1.29 is 37.8 Å². The average molecular weight is 497 g/mol. The van der Waals surface area contributed by atoms with Crippen LogP contribution in [-0.2, 0) is 14.1 Å². The van der Waals surface area contributed by atoms with Gasteiger partial charge in [-0.25, -0.2) is 4.57 Å². The minimum atomic E-state index is -4.22. The summed E-state index contributed by atoms with van der Waals surface area (Å²) in [5.74, 6) is -0.929. The minimum absolute atomic E-state index is 0.0406. The number of para-hydroxylation sites is 1. The van der Waals surface area contributed by atoms with E-state index in [1.54, 1.807) is 30.3 Å². The van der Waals surface area contributed by atoms with Gasteiger partial charge in [0, 0.05) is 23.8 Å². The number of rotatable bonds is 8. The Morgan fingerprint density at radius 1 is 0.971 bits per heavy atom. The number of esters is 1. The van der Waals surface area contributed by atoms with Crippen LogP contribution in [0.1, 0.15) is 0 Å². The van der Waals surface area contributed by atoms with E-state index in [9.17, 15) is 24.4 Å². The Morgan fingerprint density at radius 3 is 2.34 bits per heavy atom. The maximum Gasteiger partial charge on any atom is 0.513 e. The van der Waals surface area contributed by atoms with Crippen molar-refractivity contribution in [3.63, 3.8) is 0 Å². The monoisotopic (exact) mass is 497 g/mol. The Labute approximate surface area is 198 Å². The molecule has 0 saturated heterocycles. The van der Waals surface area contributed by atoms with Crippen LogP contribution in [-0.4, -0.2) is 29.8 Å². The number of hydrogen-bond donors (Lipinski definition) is 3. The number of hydrogen-bond acceptors (Lipinski definition) is 9. The number of fused-ring (bicyclic) bond motifs is 1. The van der Waals surface area contributed by atoms with Crippen molar-refractivity contribution in [2.45, 2.75) is 0 Å². The van der Waals surface area contributed by atoms with Crippen molar-refractivity contribution in [2.75, 3.05) is 13.7 Å². The van der Waals surface area contributed by atoms with E-state index in [0.29, 0.717) is 5.56 Å². The number of aromatic hydroxyl groups is 2. The average Bonchev–Trinajstić information content (AvgIpc) is 2.83. The third-order valence-electron chi connectivity index (χ3n) is 4.77. The number of carbonyl (C=O) groups excluding carboxylic acids is 1. The molecule has 4 rings (SSSR count). The van der Waals surface area contributed by atoms with Crippen LogP contribution < -0.4 is 19.6 Å². The summed E-state index contributed by atoms with van der Waals surface area (Å²) >= 11 is 0. The first kappa shape index (κ1) is 23.9. The van der Waals surface area contributed by atoms with Gasteiger partial charge in [0.25, 0.3) is 0 Å². The molecule has 0 aliphatic heterocycles. The van der Waals surface area contributed by atoms with E-state index in [0.717, 1.165) is 6.07 Å². The summed E-state index contributed by atoms with van der Waals surface area (Å²) in [6, 6.07) is 17.6. The van der Waals surface area contributed by atoms with Gasteiger partial charge >= 0.3 is 13.7 Å². The molecule has 0 aliphatic rings. The van der Waals surface area contributed by atoms with Gasteiger partial charge in [0.05, 0.1) is 7.11 Å². The molecule has 1 aromatic heterocycles. The summed E-state index contributed by atoms with van der Waals surface area (Å²) in [6.45, 7) is -0.486. The number of methoxy groups -OCH3 is 1. The summed E-state index contributed by atoms with van der Waals surface area (Å²) in [5, 5.41) is 22.3. The van der Waals surface area contributed by atoms with E-state index in [1.165, 1.54) is 43.5 Å². The number of ether oxygens (including phenoxy) is 1. The number of phenols is 2. The normalized spacial score (nSPS) is 12.6. The molecular weight excluding hydrogens is 477 g/mol. The quantitative estimate of drug-likeness (QED) is 0.239. The molecule has 0 amide bonds. The fourth-order valence-corrected chi connectivity index (χ4v) is 4.41. The molecule has 0 aliphatic carbocycles. The fourth-order valence-electron chi connectivity index (χ4n) is 3.14. The first-order valence-electron chi connectivity index (χ1n) is 10.2. The summed E-state index contributed by atoms with van der Waals surface area (Å²) in [7, 11) is -3.06. The zero-order valence-corrected chi connectivity index (χ0v) is 19.2. The van der Waals surface area contributed by atoms with Gasteiger partial charge in [-0.2, -0.15) is 5.09 Å². The maximum absolute atomic E-state index is 13.4. The lowest BCUT2D eigenvalue weighted by molar-refractivity contribution is -0.139. The van der Waals surface area contributed by atoms with E-state index in [4.69, 9.17) is 13.5 Å². The molecule has 180 valence electrons. The molecule has 1 unspecified atom stereocenters. The van der Waals surface area contributed by atoms with Crippen molar-refractivity contribution in [1.82, 2.24) is 5.09 Å². The van der Waals surface area contributed by atoms with E-state index in [1.807, 2.05) is 0 Å². The summed E-state index contributed by atoms with van der Waals surface area (Å²) in [4.78, 5) is 24.3. The van der Waals surface area contributed by atoms with Crippen LogP contribution in [0, 0.1) is 0 Å². The lowest BCUT2D eigenvalue weighted by atomic mass is 10.1. The zero-order valence-electron chi connectivity index (χ0n) is 18.3. The van der Waals surface area contributed by atoms with Crippen LogP contribution in [0.3, 0.4) is 0 Å². The third kappa shape index (κ3) is 5.63. The van der Waals surface area contributed by atoms with Crippen molar-refractivity contribution in [3.8, 4) is 34.3 Å². The largest absolute Gasteiger partial charge is 0.513 e. The molecule has 3 aromatic carbocycles. The van der Waals surface area contributed by atoms with Crippen LogP contribution in [0.15, 0.2) is 82.0 Å². The molecule has 11 heteroatoms. The first-order chi connectivity index (χ1) is 16.8. The van der Waals surface area contributed by atoms with Crippen molar-refractivity contribution in [1.29, 1.82) is 0 Å². The molecule has 0 saturated carbocycles. The highest BCUT2D eigenvalue weighted by atomic mass is 31.2. The van der Waals surface area contributed by atoms with Crippen molar-refractivity contribution in [3.05, 3.63) is 83.0 Å². The fraction of sp³-hybridized carbons (Fsp3) is 0.0833. The van der Waals surface area contributed by atoms with E-state index >= 15 is 0 Å². The van der Waals surface area contributed by atoms with Gasteiger partial charge in [0.15, 0.2) is 5.43 Å². The van der Waals surface area contributed by atoms with Gasteiger partial charge < -0.3 is 28.4 Å². The summed E-state index contributed by atoms with van der Waals surface area (Å²) in [5.41, 5.74) is -0.0637. The minimum Gasteiger partial charge on any atom is -0.508 e. The Kier molecular flexibility index (Phi) is 6.77. The van der Waals surface area contributed by atoms with Gasteiger partial charge in [-0.15, -0.1) is 0 Å². The predicted octanol–water partition coefficient (Wildman–Crippen LogP) is 4.20. The van der Waals surface area contributed by atoms with Gasteiger partial charge in [-0.3, -0.25) is 9.59 Å². The van der Waals surface area contributed by atoms with Crippen molar-refractivity contribution in [2.24, 2.45) is 0 Å². The van der Waals surface area contributed by atoms with E-state index < -0.39 is 31.4 Å². The SMILES string of the molecule is COC(=O)CNP(=O)(Oc1ccccc1)Oc1cc(O)c2c(=O)cc(-c3ccc(O)cc3)oc2c1. The Morgan fingerprint density at radius 2 is 1.66 bits per heavy atom. The topological polar surface area (TPSA) is 145 Å². The molecule has 1 heterocycles. The van der Waals surface area contributed by atoms with Crippen molar-refractivity contribution >= 4 is 24.7 Å². The lowest BCUT2D eigenvalue weighted by Gasteiger charge is -2.20. The smallest absolute Gasteiger partial charge is 0.508 e. The standard InChI is InChI=1S/C24H20NO9P/c1-31-23(29)14-25-35(30,33-17-5-3-2-4-6-17)34-18-11-19(27)24-20(28)13-21(32-22(24)12-18)15-7-9-16(26)10-8-15/h2-13,26-27H,14H2,1H3,(H,25,30). The molecule has 0 spiro atoms. The zero-order chi connectivity index (χ0) is 25.0. The molecule has 0 fully saturated rings. The van der Waals surface area contributed by atoms with Gasteiger partial charge in [0.1, 0.15) is 46.3 Å². The van der Waals surface area contributed by atoms with Gasteiger partial charge in [-0.1, -0.05) is 18.2 Å².